The van der Waals surface area contributed by atoms with E-state index in [1.54, 1.807) is 6.92 Å². The Kier molecular flexibility index (Phi) is 5.93. The van der Waals surface area contributed by atoms with Crippen LogP contribution in [-0.2, 0) is 0 Å². The van der Waals surface area contributed by atoms with Gasteiger partial charge in [0.25, 0.3) is 0 Å². The summed E-state index contributed by atoms with van der Waals surface area (Å²) in [6, 6.07) is 3.58. The third-order valence-corrected chi connectivity index (χ3v) is 2.13. The average molecular weight is 255 g/mol. The molecule has 5 nitrogen and oxygen atoms in total. The van der Waals surface area contributed by atoms with Gasteiger partial charge in [-0.15, -0.1) is 0 Å². The van der Waals surface area contributed by atoms with E-state index in [1.807, 2.05) is 0 Å². The zero-order valence-electron chi connectivity index (χ0n) is 10.3. The number of halogens is 1. The molecule has 0 aromatic heterocycles. The number of ether oxygens (including phenoxy) is 1. The van der Waals surface area contributed by atoms with Crippen LogP contribution in [-0.4, -0.2) is 25.7 Å². The Morgan fingerprint density at radius 1 is 1.50 bits per heavy atom. The molecular formula is C12H18FN3O2. The van der Waals surface area contributed by atoms with E-state index in [0.717, 1.165) is 0 Å². The topological polar surface area (TPSA) is 76.4 Å². The van der Waals surface area contributed by atoms with Gasteiger partial charge in [0.1, 0.15) is 11.6 Å². The first kappa shape index (κ1) is 14.2. The van der Waals surface area contributed by atoms with E-state index >= 15 is 0 Å². The van der Waals surface area contributed by atoms with Gasteiger partial charge in [-0.3, -0.25) is 0 Å². The van der Waals surface area contributed by atoms with Crippen molar-refractivity contribution in [1.29, 1.82) is 0 Å². The Morgan fingerprint density at radius 2 is 2.28 bits per heavy atom. The lowest BCUT2D eigenvalue weighted by molar-refractivity contribution is 0.252. The summed E-state index contributed by atoms with van der Waals surface area (Å²) in [5.74, 6) is -0.0101. The third kappa shape index (κ3) is 4.58. The molecule has 0 aliphatic rings. The van der Waals surface area contributed by atoms with Gasteiger partial charge < -0.3 is 21.1 Å². The second kappa shape index (κ2) is 7.50. The molecule has 1 aromatic rings. The van der Waals surface area contributed by atoms with Crippen molar-refractivity contribution in [3.8, 4) is 5.75 Å². The molecule has 0 saturated heterocycles. The molecule has 0 aliphatic carbocycles. The molecule has 0 heterocycles. The van der Waals surface area contributed by atoms with Crippen molar-refractivity contribution >= 4 is 11.7 Å². The van der Waals surface area contributed by atoms with Gasteiger partial charge in [0.2, 0.25) is 0 Å². The molecule has 0 fully saturated rings. The minimum absolute atomic E-state index is 0.304. The highest BCUT2D eigenvalue weighted by Crippen LogP contribution is 2.25. The van der Waals surface area contributed by atoms with Crippen LogP contribution in [0.4, 0.5) is 14.9 Å². The number of carbonyl (C=O) groups is 1. The standard InChI is InChI=1S/C12H18FN3O2/c1-2-15-12(17)16-10-8-9(13)4-5-11(10)18-7-3-6-14/h4-5,8H,2-3,6-7,14H2,1H3,(H2,15,16,17). The van der Waals surface area contributed by atoms with Crippen LogP contribution in [0, 0.1) is 5.82 Å². The molecule has 0 unspecified atom stereocenters. The summed E-state index contributed by atoms with van der Waals surface area (Å²) in [6.45, 7) is 3.22. The molecule has 0 aliphatic heterocycles. The quantitative estimate of drug-likeness (QED) is 0.677. The van der Waals surface area contributed by atoms with Gasteiger partial charge in [0.15, 0.2) is 0 Å². The van der Waals surface area contributed by atoms with Gasteiger partial charge in [0.05, 0.1) is 12.3 Å². The molecule has 2 amide bonds. The fraction of sp³-hybridized carbons (Fsp3) is 0.417. The lowest BCUT2D eigenvalue weighted by Gasteiger charge is -2.12. The highest BCUT2D eigenvalue weighted by Gasteiger charge is 2.08. The van der Waals surface area contributed by atoms with Crippen LogP contribution in [0.15, 0.2) is 18.2 Å². The fourth-order valence-electron chi connectivity index (χ4n) is 1.32. The number of hydrogen-bond donors (Lipinski definition) is 3. The lowest BCUT2D eigenvalue weighted by Crippen LogP contribution is -2.28. The van der Waals surface area contributed by atoms with Crippen LogP contribution in [0.1, 0.15) is 13.3 Å². The molecule has 0 atom stereocenters. The Labute approximate surface area is 106 Å². The van der Waals surface area contributed by atoms with Crippen LogP contribution >= 0.6 is 0 Å². The maximum absolute atomic E-state index is 13.1. The Morgan fingerprint density at radius 3 is 2.94 bits per heavy atom. The van der Waals surface area contributed by atoms with Crippen molar-refractivity contribution in [2.24, 2.45) is 5.73 Å². The van der Waals surface area contributed by atoms with E-state index in [1.165, 1.54) is 18.2 Å². The van der Waals surface area contributed by atoms with E-state index in [0.29, 0.717) is 37.6 Å². The third-order valence-electron chi connectivity index (χ3n) is 2.13. The molecule has 0 radical (unpaired) electrons. The number of nitrogens with one attached hydrogen (secondary N) is 2. The van der Waals surface area contributed by atoms with Crippen molar-refractivity contribution in [2.45, 2.75) is 13.3 Å². The van der Waals surface area contributed by atoms with Crippen LogP contribution in [0.5, 0.6) is 5.75 Å². The first-order chi connectivity index (χ1) is 8.67. The van der Waals surface area contributed by atoms with Gasteiger partial charge in [-0.1, -0.05) is 0 Å². The predicted molar refractivity (Wildman–Crippen MR) is 68.3 cm³/mol. The number of rotatable bonds is 6. The van der Waals surface area contributed by atoms with E-state index in [9.17, 15) is 9.18 Å². The Hall–Kier alpha value is -1.82. The van der Waals surface area contributed by atoms with Crippen molar-refractivity contribution < 1.29 is 13.9 Å². The van der Waals surface area contributed by atoms with Crippen LogP contribution in [0.2, 0.25) is 0 Å². The molecule has 6 heteroatoms. The normalized spacial score (nSPS) is 9.94. The molecule has 0 spiro atoms. The van der Waals surface area contributed by atoms with E-state index < -0.39 is 11.8 Å². The Balaban J connectivity index is 2.73. The van der Waals surface area contributed by atoms with Gasteiger partial charge in [-0.2, -0.15) is 0 Å². The second-order valence-corrected chi connectivity index (χ2v) is 3.62. The maximum Gasteiger partial charge on any atom is 0.319 e. The lowest BCUT2D eigenvalue weighted by atomic mass is 10.3. The smallest absolute Gasteiger partial charge is 0.319 e. The minimum Gasteiger partial charge on any atom is -0.491 e. The monoisotopic (exact) mass is 255 g/mol. The van der Waals surface area contributed by atoms with Crippen molar-refractivity contribution in [3.63, 3.8) is 0 Å². The van der Waals surface area contributed by atoms with Gasteiger partial charge >= 0.3 is 6.03 Å². The number of carbonyl (C=O) groups excluding carboxylic acids is 1. The summed E-state index contributed by atoms with van der Waals surface area (Å²) < 4.78 is 18.5. The van der Waals surface area contributed by atoms with Gasteiger partial charge in [-0.25, -0.2) is 9.18 Å². The van der Waals surface area contributed by atoms with E-state index in [-0.39, 0.29) is 0 Å². The number of benzene rings is 1. The summed E-state index contributed by atoms with van der Waals surface area (Å²) >= 11 is 0. The maximum atomic E-state index is 13.1. The SMILES string of the molecule is CCNC(=O)Nc1cc(F)ccc1OCCCN. The van der Waals surface area contributed by atoms with Crippen molar-refractivity contribution in [2.75, 3.05) is 25.0 Å². The number of anilines is 1. The van der Waals surface area contributed by atoms with Crippen LogP contribution in [0.25, 0.3) is 0 Å². The van der Waals surface area contributed by atoms with E-state index in [2.05, 4.69) is 10.6 Å². The largest absolute Gasteiger partial charge is 0.491 e. The van der Waals surface area contributed by atoms with Crippen molar-refractivity contribution in [3.05, 3.63) is 24.0 Å². The molecule has 1 rings (SSSR count). The molecule has 0 bridgehead atoms. The van der Waals surface area contributed by atoms with Crippen molar-refractivity contribution in [1.82, 2.24) is 5.32 Å². The highest BCUT2D eigenvalue weighted by atomic mass is 19.1. The zero-order chi connectivity index (χ0) is 13.4. The van der Waals surface area contributed by atoms with Gasteiger partial charge in [-0.05, 0) is 32.0 Å². The van der Waals surface area contributed by atoms with E-state index in [4.69, 9.17) is 10.5 Å². The van der Waals surface area contributed by atoms with Crippen LogP contribution in [0.3, 0.4) is 0 Å². The second-order valence-electron chi connectivity index (χ2n) is 3.62. The zero-order valence-corrected chi connectivity index (χ0v) is 10.3. The molecule has 0 saturated carbocycles. The summed E-state index contributed by atoms with van der Waals surface area (Å²) in [7, 11) is 0. The molecule has 4 N–H and O–H groups in total. The number of nitrogens with two attached hydrogens (primary N) is 1. The van der Waals surface area contributed by atoms with Gasteiger partial charge in [0, 0.05) is 12.6 Å². The minimum atomic E-state index is -0.437. The molecule has 100 valence electrons. The highest BCUT2D eigenvalue weighted by molar-refractivity contribution is 5.90. The fourth-order valence-corrected chi connectivity index (χ4v) is 1.32. The molecule has 1 aromatic carbocycles. The first-order valence-corrected chi connectivity index (χ1v) is 5.84. The summed E-state index contributed by atoms with van der Waals surface area (Å²) in [5.41, 5.74) is 5.66. The molecular weight excluding hydrogens is 237 g/mol. The number of urea groups is 1. The number of amides is 2. The summed E-state index contributed by atoms with van der Waals surface area (Å²) in [4.78, 5) is 11.4. The molecule has 18 heavy (non-hydrogen) atoms. The predicted octanol–water partition coefficient (Wildman–Crippen LogP) is 1.69. The number of hydrogen-bond acceptors (Lipinski definition) is 3. The average Bonchev–Trinajstić information content (AvgIpc) is 2.32. The summed E-state index contributed by atoms with van der Waals surface area (Å²) in [5, 5.41) is 5.09. The Bertz CT molecular complexity index is 399. The summed E-state index contributed by atoms with van der Waals surface area (Å²) in [6.07, 6.45) is 0.692. The van der Waals surface area contributed by atoms with Crippen LogP contribution < -0.4 is 21.1 Å². The first-order valence-electron chi connectivity index (χ1n) is 5.84.